The van der Waals surface area contributed by atoms with Crippen molar-refractivity contribution in [1.29, 1.82) is 0 Å². The Labute approximate surface area is 188 Å². The van der Waals surface area contributed by atoms with Crippen molar-refractivity contribution >= 4 is 29.0 Å². The third-order valence-electron chi connectivity index (χ3n) is 4.47. The van der Waals surface area contributed by atoms with E-state index < -0.39 is 0 Å². The molecule has 0 saturated heterocycles. The summed E-state index contributed by atoms with van der Waals surface area (Å²) >= 11 is 11.8. The van der Waals surface area contributed by atoms with E-state index in [1.54, 1.807) is 0 Å². The minimum atomic E-state index is -0.278. The Hall–Kier alpha value is -3.35. The first-order valence-corrected chi connectivity index (χ1v) is 10.1. The molecule has 1 N–H and O–H groups in total. The summed E-state index contributed by atoms with van der Waals surface area (Å²) in [6.45, 7) is 0. The fraction of sp³-hybridized carbons (Fsp3) is 0.0870. The van der Waals surface area contributed by atoms with Crippen LogP contribution < -0.4 is 4.74 Å². The Bertz CT molecular complexity index is 1180. The van der Waals surface area contributed by atoms with Crippen LogP contribution in [-0.2, 0) is 6.42 Å². The molecule has 1 heterocycles. The quantitative estimate of drug-likeness (QED) is 0.327. The zero-order valence-electron chi connectivity index (χ0n) is 16.1. The van der Waals surface area contributed by atoms with Crippen LogP contribution in [-0.4, -0.2) is 21.1 Å². The zero-order chi connectivity index (χ0) is 21.8. The van der Waals surface area contributed by atoms with Crippen molar-refractivity contribution in [2.75, 3.05) is 0 Å². The number of para-hydroxylation sites is 1. The van der Waals surface area contributed by atoms with Gasteiger partial charge in [-0.25, -0.2) is 0 Å². The minimum absolute atomic E-state index is 0.0493. The van der Waals surface area contributed by atoms with Gasteiger partial charge in [-0.15, -0.1) is 10.2 Å². The maximum Gasteiger partial charge on any atom is 0.284 e. The Morgan fingerprint density at radius 2 is 1.58 bits per heavy atom. The van der Waals surface area contributed by atoms with Crippen molar-refractivity contribution in [1.82, 2.24) is 10.2 Å². The molecular formula is C23H16Cl2N2O4. The molecule has 0 atom stereocenters. The number of aromatic nitrogens is 2. The number of ether oxygens (including phenoxy) is 1. The summed E-state index contributed by atoms with van der Waals surface area (Å²) in [5.41, 5.74) is 1.39. The van der Waals surface area contributed by atoms with Crippen molar-refractivity contribution < 1.29 is 19.1 Å². The fourth-order valence-corrected chi connectivity index (χ4v) is 3.34. The van der Waals surface area contributed by atoms with Crippen molar-refractivity contribution in [3.05, 3.63) is 88.2 Å². The van der Waals surface area contributed by atoms with E-state index in [4.69, 9.17) is 32.4 Å². The van der Waals surface area contributed by atoms with Crippen LogP contribution in [0.25, 0.3) is 11.5 Å². The highest BCUT2D eigenvalue weighted by atomic mass is 35.5. The summed E-state index contributed by atoms with van der Waals surface area (Å²) in [6.07, 6.45) is 0.719. The van der Waals surface area contributed by atoms with Gasteiger partial charge in [-0.1, -0.05) is 53.5 Å². The molecule has 0 bridgehead atoms. The number of ketones is 1. The molecule has 156 valence electrons. The number of phenols is 1. The normalized spacial score (nSPS) is 10.8. The second-order valence-electron chi connectivity index (χ2n) is 6.68. The Balaban J connectivity index is 1.37. The van der Waals surface area contributed by atoms with E-state index in [9.17, 15) is 9.90 Å². The lowest BCUT2D eigenvalue weighted by Crippen LogP contribution is -2.01. The summed E-state index contributed by atoms with van der Waals surface area (Å²) < 4.78 is 11.2. The maximum absolute atomic E-state index is 12.4. The molecule has 3 aromatic carbocycles. The summed E-state index contributed by atoms with van der Waals surface area (Å²) in [5, 5.41) is 17.4. The third-order valence-corrected chi connectivity index (χ3v) is 5.05. The second kappa shape index (κ2) is 9.20. The number of aryl methyl sites for hydroxylation is 1. The van der Waals surface area contributed by atoms with Crippen LogP contribution in [0.4, 0.5) is 0 Å². The van der Waals surface area contributed by atoms with E-state index in [1.807, 2.05) is 54.6 Å². The average Bonchev–Trinajstić information content (AvgIpc) is 3.28. The number of benzene rings is 3. The predicted molar refractivity (Wildman–Crippen MR) is 117 cm³/mol. The lowest BCUT2D eigenvalue weighted by Gasteiger charge is -2.06. The number of halogens is 2. The molecule has 4 rings (SSSR count). The number of nitrogens with zero attached hydrogens (tertiary/aromatic N) is 2. The largest absolute Gasteiger partial charge is 0.505 e. The SMILES string of the molecule is O=C(CCc1ccc(Oc2ccccc2)cc1)c1nnc(-c2cc(Cl)c(O)c(Cl)c2)o1. The molecule has 31 heavy (non-hydrogen) atoms. The molecule has 0 saturated carbocycles. The van der Waals surface area contributed by atoms with Crippen molar-refractivity contribution in [2.24, 2.45) is 0 Å². The highest BCUT2D eigenvalue weighted by Gasteiger charge is 2.18. The van der Waals surface area contributed by atoms with Gasteiger partial charge in [-0.05, 0) is 48.4 Å². The molecule has 1 aromatic heterocycles. The van der Waals surface area contributed by atoms with E-state index >= 15 is 0 Å². The molecule has 0 amide bonds. The monoisotopic (exact) mass is 454 g/mol. The van der Waals surface area contributed by atoms with Crippen molar-refractivity contribution in [2.45, 2.75) is 12.8 Å². The maximum atomic E-state index is 12.4. The number of phenolic OH excluding ortho intramolecular Hbond substituents is 1. The van der Waals surface area contributed by atoms with E-state index in [1.165, 1.54) is 12.1 Å². The molecule has 0 spiro atoms. The lowest BCUT2D eigenvalue weighted by atomic mass is 10.1. The molecule has 4 aromatic rings. The summed E-state index contributed by atoms with van der Waals surface area (Å²) in [4.78, 5) is 12.4. The summed E-state index contributed by atoms with van der Waals surface area (Å²) in [5.74, 6) is 0.958. The highest BCUT2D eigenvalue weighted by Crippen LogP contribution is 2.36. The van der Waals surface area contributed by atoms with E-state index in [-0.39, 0.29) is 39.8 Å². The van der Waals surface area contributed by atoms with Crippen molar-refractivity contribution in [3.8, 4) is 28.7 Å². The third kappa shape index (κ3) is 5.05. The van der Waals surface area contributed by atoms with Gasteiger partial charge in [0.15, 0.2) is 5.75 Å². The first-order chi connectivity index (χ1) is 15.0. The van der Waals surface area contributed by atoms with Crippen LogP contribution in [0, 0.1) is 0 Å². The van der Waals surface area contributed by atoms with E-state index in [0.717, 1.165) is 11.3 Å². The number of rotatable bonds is 7. The Morgan fingerprint density at radius 1 is 0.935 bits per heavy atom. The summed E-state index contributed by atoms with van der Waals surface area (Å²) in [7, 11) is 0. The molecule has 0 radical (unpaired) electrons. The van der Waals surface area contributed by atoms with Gasteiger partial charge < -0.3 is 14.3 Å². The van der Waals surface area contributed by atoms with Crippen LogP contribution in [0.15, 0.2) is 71.1 Å². The van der Waals surface area contributed by atoms with Gasteiger partial charge in [-0.3, -0.25) is 4.79 Å². The van der Waals surface area contributed by atoms with Crippen LogP contribution in [0.1, 0.15) is 22.7 Å². The van der Waals surface area contributed by atoms with Crippen molar-refractivity contribution in [3.63, 3.8) is 0 Å². The molecule has 8 heteroatoms. The van der Waals surface area contributed by atoms with Gasteiger partial charge in [0.05, 0.1) is 10.0 Å². The summed E-state index contributed by atoms with van der Waals surface area (Å²) in [6, 6.07) is 19.9. The number of aromatic hydroxyl groups is 1. The van der Waals surface area contributed by atoms with Crippen LogP contribution in [0.3, 0.4) is 0 Å². The standard InChI is InChI=1S/C23H16Cl2N2O4/c24-18-12-15(13-19(25)21(18)29)22-26-27-23(31-22)20(28)11-8-14-6-9-17(10-7-14)30-16-4-2-1-3-5-16/h1-7,9-10,12-13,29H,8,11H2. The lowest BCUT2D eigenvalue weighted by molar-refractivity contribution is 0.0950. The van der Waals surface area contributed by atoms with E-state index in [2.05, 4.69) is 10.2 Å². The zero-order valence-corrected chi connectivity index (χ0v) is 17.6. The number of carbonyl (C=O) groups excluding carboxylic acids is 1. The molecule has 0 aliphatic carbocycles. The van der Waals surface area contributed by atoms with Gasteiger partial charge in [0.25, 0.3) is 5.89 Å². The number of hydrogen-bond acceptors (Lipinski definition) is 6. The van der Waals surface area contributed by atoms with Gasteiger partial charge >= 0.3 is 0 Å². The number of carbonyl (C=O) groups is 1. The molecule has 6 nitrogen and oxygen atoms in total. The Kier molecular flexibility index (Phi) is 6.21. The molecule has 0 fully saturated rings. The first-order valence-electron chi connectivity index (χ1n) is 9.36. The van der Waals surface area contributed by atoms with Crippen LogP contribution in [0.2, 0.25) is 10.0 Å². The van der Waals surface area contributed by atoms with E-state index in [0.29, 0.717) is 17.7 Å². The topological polar surface area (TPSA) is 85.5 Å². The fourth-order valence-electron chi connectivity index (χ4n) is 2.86. The molecule has 0 unspecified atom stereocenters. The predicted octanol–water partition coefficient (Wildman–Crippen LogP) is 6.36. The number of Topliss-reactive ketones (excluding diaryl/α,β-unsaturated/α-hetero) is 1. The molecule has 0 aliphatic rings. The first kappa shape index (κ1) is 20.9. The molecule has 0 aliphatic heterocycles. The average molecular weight is 455 g/mol. The van der Waals surface area contributed by atoms with Gasteiger partial charge in [0.1, 0.15) is 11.5 Å². The van der Waals surface area contributed by atoms with Gasteiger partial charge in [0, 0.05) is 12.0 Å². The smallest absolute Gasteiger partial charge is 0.284 e. The number of hydrogen-bond donors (Lipinski definition) is 1. The minimum Gasteiger partial charge on any atom is -0.505 e. The second-order valence-corrected chi connectivity index (χ2v) is 7.50. The van der Waals surface area contributed by atoms with Crippen LogP contribution in [0.5, 0.6) is 17.2 Å². The molecular weight excluding hydrogens is 439 g/mol. The van der Waals surface area contributed by atoms with Gasteiger partial charge in [0.2, 0.25) is 11.7 Å². The van der Waals surface area contributed by atoms with Gasteiger partial charge in [-0.2, -0.15) is 0 Å². The Morgan fingerprint density at radius 3 is 2.26 bits per heavy atom. The highest BCUT2D eigenvalue weighted by molar-refractivity contribution is 6.37. The van der Waals surface area contributed by atoms with Crippen LogP contribution >= 0.6 is 23.2 Å².